The fraction of sp³-hybridized carbons (Fsp3) is 0.267. The van der Waals surface area contributed by atoms with E-state index >= 15 is 0 Å². The van der Waals surface area contributed by atoms with Gasteiger partial charge in [-0.25, -0.2) is 4.79 Å². The maximum atomic E-state index is 13.7. The zero-order valence-corrected chi connectivity index (χ0v) is 20.1. The topological polar surface area (TPSA) is 83.6 Å². The van der Waals surface area contributed by atoms with Crippen molar-refractivity contribution in [3.8, 4) is 11.1 Å². The largest absolute Gasteiger partial charge is 0.478 e. The summed E-state index contributed by atoms with van der Waals surface area (Å²) in [6.07, 6.45) is 7.87. The van der Waals surface area contributed by atoms with Gasteiger partial charge in [-0.2, -0.15) is 0 Å². The SMILES string of the molecule is Cc1cc(-c2ccc(N)cc2)ccc1CN(C(=O)C1CCCCC1)c1cccc(/C=C/C(=O)O)c1. The van der Waals surface area contributed by atoms with Crippen molar-refractivity contribution in [2.75, 3.05) is 10.6 Å². The van der Waals surface area contributed by atoms with Crippen molar-refractivity contribution in [2.24, 2.45) is 5.92 Å². The number of nitrogens with two attached hydrogens (primary N) is 1. The third-order valence-corrected chi connectivity index (χ3v) is 6.74. The first-order chi connectivity index (χ1) is 16.9. The van der Waals surface area contributed by atoms with Gasteiger partial charge in [0.05, 0.1) is 6.54 Å². The summed E-state index contributed by atoms with van der Waals surface area (Å²) in [6, 6.07) is 21.7. The molecular formula is C30H32N2O3. The lowest BCUT2D eigenvalue weighted by Gasteiger charge is -2.30. The molecule has 5 heteroatoms. The quantitative estimate of drug-likeness (QED) is 0.308. The number of amides is 1. The Morgan fingerprint density at radius 2 is 1.69 bits per heavy atom. The number of aryl methyl sites for hydroxylation is 1. The molecule has 3 N–H and O–H groups in total. The highest BCUT2D eigenvalue weighted by Crippen LogP contribution is 2.31. The number of carboxylic acid groups (broad SMARTS) is 1. The molecule has 1 fully saturated rings. The van der Waals surface area contributed by atoms with Crippen LogP contribution in [0.4, 0.5) is 11.4 Å². The van der Waals surface area contributed by atoms with Gasteiger partial charge in [0.2, 0.25) is 5.91 Å². The van der Waals surface area contributed by atoms with Crippen LogP contribution in [0.15, 0.2) is 72.8 Å². The smallest absolute Gasteiger partial charge is 0.328 e. The second-order valence-electron chi connectivity index (χ2n) is 9.29. The van der Waals surface area contributed by atoms with Gasteiger partial charge in [0.15, 0.2) is 0 Å². The van der Waals surface area contributed by atoms with Crippen LogP contribution >= 0.6 is 0 Å². The lowest BCUT2D eigenvalue weighted by atomic mass is 9.88. The van der Waals surface area contributed by atoms with Gasteiger partial charge in [-0.3, -0.25) is 4.79 Å². The van der Waals surface area contributed by atoms with E-state index in [1.54, 1.807) is 6.08 Å². The van der Waals surface area contributed by atoms with E-state index in [0.29, 0.717) is 6.54 Å². The molecule has 0 heterocycles. The molecule has 0 aromatic heterocycles. The Morgan fingerprint density at radius 1 is 0.971 bits per heavy atom. The number of hydrogen-bond donors (Lipinski definition) is 2. The van der Waals surface area contributed by atoms with Crippen molar-refractivity contribution < 1.29 is 14.7 Å². The Morgan fingerprint density at radius 3 is 2.37 bits per heavy atom. The molecule has 4 rings (SSSR count). The van der Waals surface area contributed by atoms with Crippen LogP contribution in [0.3, 0.4) is 0 Å². The Kier molecular flexibility index (Phi) is 7.66. The number of nitrogens with zero attached hydrogens (tertiary/aromatic N) is 1. The summed E-state index contributed by atoms with van der Waals surface area (Å²) < 4.78 is 0. The first-order valence-electron chi connectivity index (χ1n) is 12.2. The number of hydrogen-bond acceptors (Lipinski definition) is 3. The minimum atomic E-state index is -0.998. The summed E-state index contributed by atoms with van der Waals surface area (Å²) in [5.74, 6) is -0.829. The summed E-state index contributed by atoms with van der Waals surface area (Å²) in [7, 11) is 0. The molecule has 1 aliphatic carbocycles. The lowest BCUT2D eigenvalue weighted by molar-refractivity contribution is -0.131. The third kappa shape index (κ3) is 6.18. The molecule has 1 aliphatic rings. The number of nitrogen functional groups attached to an aromatic ring is 1. The predicted octanol–water partition coefficient (Wildman–Crippen LogP) is 6.46. The van der Waals surface area contributed by atoms with E-state index in [-0.39, 0.29) is 11.8 Å². The van der Waals surface area contributed by atoms with Crippen molar-refractivity contribution in [2.45, 2.75) is 45.6 Å². The average Bonchev–Trinajstić information content (AvgIpc) is 2.87. The number of anilines is 2. The van der Waals surface area contributed by atoms with Gasteiger partial charge < -0.3 is 15.7 Å². The highest BCUT2D eigenvalue weighted by molar-refractivity contribution is 5.95. The summed E-state index contributed by atoms with van der Waals surface area (Å²) in [5, 5.41) is 9.00. The van der Waals surface area contributed by atoms with Gasteiger partial charge in [0.1, 0.15) is 0 Å². The fourth-order valence-electron chi connectivity index (χ4n) is 4.73. The molecule has 0 saturated heterocycles. The zero-order valence-electron chi connectivity index (χ0n) is 20.1. The van der Waals surface area contributed by atoms with Crippen LogP contribution in [0.1, 0.15) is 48.8 Å². The highest BCUT2D eigenvalue weighted by Gasteiger charge is 2.27. The average molecular weight is 469 g/mol. The van der Waals surface area contributed by atoms with E-state index in [0.717, 1.165) is 71.0 Å². The van der Waals surface area contributed by atoms with E-state index in [4.69, 9.17) is 10.8 Å². The number of aliphatic carboxylic acids is 1. The van der Waals surface area contributed by atoms with Gasteiger partial charge in [-0.05, 0) is 77.9 Å². The first-order valence-corrected chi connectivity index (χ1v) is 12.2. The molecular weight excluding hydrogens is 436 g/mol. The standard InChI is InChI=1S/C30H32N2O3/c1-21-18-25(23-13-15-27(31)16-14-23)11-12-26(21)20-32(30(35)24-7-3-2-4-8-24)28-9-5-6-22(19-28)10-17-29(33)34/h5-6,9-19,24H,2-4,7-8,20,31H2,1H3,(H,33,34)/b17-10+. The molecule has 1 saturated carbocycles. The van der Waals surface area contributed by atoms with Gasteiger partial charge in [0, 0.05) is 23.4 Å². The molecule has 0 unspecified atom stereocenters. The number of carboxylic acids is 1. The second-order valence-corrected chi connectivity index (χ2v) is 9.29. The van der Waals surface area contributed by atoms with Crippen LogP contribution < -0.4 is 10.6 Å². The monoisotopic (exact) mass is 468 g/mol. The molecule has 0 spiro atoms. The Bertz CT molecular complexity index is 1220. The minimum absolute atomic E-state index is 0.0244. The van der Waals surface area contributed by atoms with Crippen LogP contribution in [-0.2, 0) is 16.1 Å². The number of carbonyl (C=O) groups is 2. The van der Waals surface area contributed by atoms with Crippen LogP contribution in [0.5, 0.6) is 0 Å². The van der Waals surface area contributed by atoms with Crippen LogP contribution in [0.2, 0.25) is 0 Å². The molecule has 0 aliphatic heterocycles. The summed E-state index contributed by atoms with van der Waals surface area (Å²) >= 11 is 0. The van der Waals surface area contributed by atoms with E-state index in [9.17, 15) is 9.59 Å². The maximum absolute atomic E-state index is 13.7. The van der Waals surface area contributed by atoms with E-state index in [2.05, 4.69) is 25.1 Å². The maximum Gasteiger partial charge on any atom is 0.328 e. The van der Waals surface area contributed by atoms with Gasteiger partial charge in [0.25, 0.3) is 0 Å². The Balaban J connectivity index is 1.65. The molecule has 0 bridgehead atoms. The zero-order chi connectivity index (χ0) is 24.8. The van der Waals surface area contributed by atoms with Gasteiger partial charge in [-0.15, -0.1) is 0 Å². The summed E-state index contributed by atoms with van der Waals surface area (Å²) in [6.45, 7) is 2.54. The van der Waals surface area contributed by atoms with Crippen LogP contribution in [0.25, 0.3) is 17.2 Å². The molecule has 35 heavy (non-hydrogen) atoms. The molecule has 180 valence electrons. The molecule has 3 aromatic carbocycles. The van der Waals surface area contributed by atoms with Gasteiger partial charge in [-0.1, -0.05) is 61.7 Å². The number of rotatable bonds is 7. The Labute approximate surface area is 206 Å². The number of benzene rings is 3. The molecule has 0 radical (unpaired) electrons. The molecule has 5 nitrogen and oxygen atoms in total. The highest BCUT2D eigenvalue weighted by atomic mass is 16.4. The van der Waals surface area contributed by atoms with E-state index in [1.807, 2.05) is 53.4 Å². The lowest BCUT2D eigenvalue weighted by Crippen LogP contribution is -2.37. The van der Waals surface area contributed by atoms with Crippen molar-refractivity contribution in [1.82, 2.24) is 0 Å². The predicted molar refractivity (Wildman–Crippen MR) is 142 cm³/mol. The molecule has 1 amide bonds. The summed E-state index contributed by atoms with van der Waals surface area (Å²) in [5.41, 5.74) is 12.5. The summed E-state index contributed by atoms with van der Waals surface area (Å²) in [4.78, 5) is 26.6. The van der Waals surface area contributed by atoms with E-state index in [1.165, 1.54) is 6.42 Å². The van der Waals surface area contributed by atoms with Crippen molar-refractivity contribution in [3.05, 3.63) is 89.5 Å². The van der Waals surface area contributed by atoms with Crippen molar-refractivity contribution in [1.29, 1.82) is 0 Å². The van der Waals surface area contributed by atoms with Crippen molar-refractivity contribution >= 4 is 29.3 Å². The first kappa shape index (κ1) is 24.3. The van der Waals surface area contributed by atoms with Crippen LogP contribution in [-0.4, -0.2) is 17.0 Å². The van der Waals surface area contributed by atoms with E-state index < -0.39 is 5.97 Å². The third-order valence-electron chi connectivity index (χ3n) is 6.74. The normalized spacial score (nSPS) is 14.2. The number of carbonyl (C=O) groups excluding carboxylic acids is 1. The second kappa shape index (κ2) is 11.0. The van der Waals surface area contributed by atoms with Crippen molar-refractivity contribution in [3.63, 3.8) is 0 Å². The molecule has 3 aromatic rings. The van der Waals surface area contributed by atoms with Crippen LogP contribution in [0, 0.1) is 12.8 Å². The molecule has 0 atom stereocenters. The minimum Gasteiger partial charge on any atom is -0.478 e. The van der Waals surface area contributed by atoms with Gasteiger partial charge >= 0.3 is 5.97 Å². The Hall–Kier alpha value is -3.86. The fourth-order valence-corrected chi connectivity index (χ4v) is 4.73.